The molecule has 4 heteroatoms. The first kappa shape index (κ1) is 12.9. The number of likely N-dealkylation sites (tertiary alicyclic amines) is 1. The van der Waals surface area contributed by atoms with Gasteiger partial charge in [-0.1, -0.05) is 6.42 Å². The summed E-state index contributed by atoms with van der Waals surface area (Å²) in [6, 6.07) is 0.696. The molecular weight excluding hydrogens is 234 g/mol. The minimum atomic E-state index is 0.696. The highest BCUT2D eigenvalue weighted by atomic mass is 35.5. The fraction of sp³-hybridized carbons (Fsp3) is 0.769. The maximum Gasteiger partial charge on any atom is 0.109 e. The summed E-state index contributed by atoms with van der Waals surface area (Å²) in [4.78, 5) is 6.98. The minimum absolute atomic E-state index is 0.696. The predicted octanol–water partition coefficient (Wildman–Crippen LogP) is 2.45. The molecule has 1 fully saturated rings. The molecule has 0 radical (unpaired) electrons. The van der Waals surface area contributed by atoms with Gasteiger partial charge in [-0.05, 0) is 25.8 Å². The quantitative estimate of drug-likeness (QED) is 0.754. The van der Waals surface area contributed by atoms with E-state index in [2.05, 4.69) is 21.5 Å². The van der Waals surface area contributed by atoms with Crippen molar-refractivity contribution in [1.82, 2.24) is 14.5 Å². The molecule has 0 aliphatic carbocycles. The van der Waals surface area contributed by atoms with Crippen molar-refractivity contribution in [2.24, 2.45) is 7.05 Å². The van der Waals surface area contributed by atoms with E-state index >= 15 is 0 Å². The van der Waals surface area contributed by atoms with Gasteiger partial charge in [0.1, 0.15) is 5.82 Å². The molecule has 0 spiro atoms. The van der Waals surface area contributed by atoms with Gasteiger partial charge in [-0.2, -0.15) is 0 Å². The molecule has 1 aliphatic rings. The third kappa shape index (κ3) is 3.46. The summed E-state index contributed by atoms with van der Waals surface area (Å²) in [6.07, 6.45) is 10.1. The topological polar surface area (TPSA) is 21.1 Å². The molecule has 0 aromatic carbocycles. The Labute approximate surface area is 109 Å². The highest BCUT2D eigenvalue weighted by molar-refractivity contribution is 6.17. The Morgan fingerprint density at radius 1 is 1.47 bits per heavy atom. The standard InChI is InChI=1S/C13H22ClN3/c1-16-11-8-15-13(16)6-10-17-9-3-2-4-12(17)5-7-14/h8,11-12H,2-7,9-10H2,1H3. The van der Waals surface area contributed by atoms with Crippen LogP contribution in [0.5, 0.6) is 0 Å². The van der Waals surface area contributed by atoms with Crippen molar-refractivity contribution in [2.75, 3.05) is 19.0 Å². The van der Waals surface area contributed by atoms with Crippen molar-refractivity contribution in [2.45, 2.75) is 38.1 Å². The van der Waals surface area contributed by atoms with Gasteiger partial charge in [-0.3, -0.25) is 4.90 Å². The smallest absolute Gasteiger partial charge is 0.109 e. The summed E-state index contributed by atoms with van der Waals surface area (Å²) in [5.74, 6) is 1.96. The predicted molar refractivity (Wildman–Crippen MR) is 71.5 cm³/mol. The molecule has 1 unspecified atom stereocenters. The van der Waals surface area contributed by atoms with E-state index in [0.29, 0.717) is 6.04 Å². The van der Waals surface area contributed by atoms with Crippen LogP contribution in [0, 0.1) is 0 Å². The van der Waals surface area contributed by atoms with Crippen LogP contribution in [0.15, 0.2) is 12.4 Å². The Kier molecular flexibility index (Phi) is 4.86. The number of hydrogen-bond acceptors (Lipinski definition) is 2. The maximum atomic E-state index is 5.88. The lowest BCUT2D eigenvalue weighted by Crippen LogP contribution is -2.41. The lowest BCUT2D eigenvalue weighted by atomic mass is 10.00. The van der Waals surface area contributed by atoms with Gasteiger partial charge in [0.25, 0.3) is 0 Å². The van der Waals surface area contributed by atoms with E-state index in [1.807, 2.05) is 12.4 Å². The maximum absolute atomic E-state index is 5.88. The average Bonchev–Trinajstić information content (AvgIpc) is 2.74. The summed E-state index contributed by atoms with van der Waals surface area (Å²) in [7, 11) is 2.06. The zero-order valence-corrected chi connectivity index (χ0v) is 11.4. The zero-order chi connectivity index (χ0) is 12.1. The fourth-order valence-electron chi connectivity index (χ4n) is 2.69. The van der Waals surface area contributed by atoms with Gasteiger partial charge < -0.3 is 4.57 Å². The van der Waals surface area contributed by atoms with Crippen LogP contribution < -0.4 is 0 Å². The molecule has 3 nitrogen and oxygen atoms in total. The molecule has 2 heterocycles. The van der Waals surface area contributed by atoms with Crippen LogP contribution in [0.25, 0.3) is 0 Å². The number of piperidine rings is 1. The minimum Gasteiger partial charge on any atom is -0.338 e. The third-order valence-electron chi connectivity index (χ3n) is 3.73. The van der Waals surface area contributed by atoms with E-state index in [4.69, 9.17) is 11.6 Å². The van der Waals surface area contributed by atoms with Gasteiger partial charge in [0, 0.05) is 44.3 Å². The number of imidazole rings is 1. The normalized spacial score (nSPS) is 21.9. The average molecular weight is 256 g/mol. The van der Waals surface area contributed by atoms with Gasteiger partial charge in [-0.25, -0.2) is 4.98 Å². The number of rotatable bonds is 5. The van der Waals surface area contributed by atoms with Crippen molar-refractivity contribution in [3.63, 3.8) is 0 Å². The molecule has 0 saturated carbocycles. The fourth-order valence-corrected chi connectivity index (χ4v) is 2.94. The summed E-state index contributed by atoms with van der Waals surface area (Å²) in [5, 5.41) is 0. The van der Waals surface area contributed by atoms with Crippen LogP contribution in [0.3, 0.4) is 0 Å². The first-order chi connectivity index (χ1) is 8.31. The van der Waals surface area contributed by atoms with Gasteiger partial charge in [-0.15, -0.1) is 11.6 Å². The van der Waals surface area contributed by atoms with E-state index in [1.165, 1.54) is 31.6 Å². The van der Waals surface area contributed by atoms with Crippen molar-refractivity contribution in [3.05, 3.63) is 18.2 Å². The zero-order valence-electron chi connectivity index (χ0n) is 10.6. The van der Waals surface area contributed by atoms with Gasteiger partial charge in [0.15, 0.2) is 0 Å². The first-order valence-corrected chi connectivity index (χ1v) is 7.11. The largest absolute Gasteiger partial charge is 0.338 e. The Morgan fingerprint density at radius 3 is 3.06 bits per heavy atom. The molecule has 1 saturated heterocycles. The lowest BCUT2D eigenvalue weighted by molar-refractivity contribution is 0.145. The van der Waals surface area contributed by atoms with Crippen molar-refractivity contribution < 1.29 is 0 Å². The Hall–Kier alpha value is -0.540. The summed E-state index contributed by atoms with van der Waals surface area (Å²) < 4.78 is 2.11. The molecule has 2 rings (SSSR count). The third-order valence-corrected chi connectivity index (χ3v) is 3.95. The van der Waals surface area contributed by atoms with E-state index in [-0.39, 0.29) is 0 Å². The molecule has 0 amide bonds. The number of halogens is 1. The molecule has 96 valence electrons. The van der Waals surface area contributed by atoms with Crippen LogP contribution in [-0.4, -0.2) is 39.5 Å². The molecule has 0 bridgehead atoms. The first-order valence-electron chi connectivity index (χ1n) is 6.57. The van der Waals surface area contributed by atoms with Gasteiger partial charge in [0.2, 0.25) is 0 Å². The molecule has 1 aromatic heterocycles. The van der Waals surface area contributed by atoms with Crippen LogP contribution in [-0.2, 0) is 13.5 Å². The molecular formula is C13H22ClN3. The van der Waals surface area contributed by atoms with E-state index in [1.54, 1.807) is 0 Å². The second kappa shape index (κ2) is 6.41. The summed E-state index contributed by atoms with van der Waals surface area (Å²) in [5.41, 5.74) is 0. The van der Waals surface area contributed by atoms with Crippen LogP contribution in [0.2, 0.25) is 0 Å². The Balaban J connectivity index is 1.86. The van der Waals surface area contributed by atoms with Crippen molar-refractivity contribution >= 4 is 11.6 Å². The van der Waals surface area contributed by atoms with E-state index in [0.717, 1.165) is 25.3 Å². The van der Waals surface area contributed by atoms with Crippen LogP contribution in [0.4, 0.5) is 0 Å². The highest BCUT2D eigenvalue weighted by Gasteiger charge is 2.21. The Morgan fingerprint density at radius 2 is 2.35 bits per heavy atom. The molecule has 1 atom stereocenters. The number of nitrogens with zero attached hydrogens (tertiary/aromatic N) is 3. The van der Waals surface area contributed by atoms with Crippen LogP contribution >= 0.6 is 11.6 Å². The number of aromatic nitrogens is 2. The summed E-state index contributed by atoms with van der Waals surface area (Å²) in [6.45, 7) is 2.35. The monoisotopic (exact) mass is 255 g/mol. The summed E-state index contributed by atoms with van der Waals surface area (Å²) >= 11 is 5.88. The second-order valence-corrected chi connectivity index (χ2v) is 5.25. The molecule has 0 N–H and O–H groups in total. The van der Waals surface area contributed by atoms with Crippen LogP contribution in [0.1, 0.15) is 31.5 Å². The Bertz CT molecular complexity index is 335. The lowest BCUT2D eigenvalue weighted by Gasteiger charge is -2.35. The van der Waals surface area contributed by atoms with Crippen molar-refractivity contribution in [3.8, 4) is 0 Å². The molecule has 1 aromatic rings. The number of alkyl halides is 1. The molecule has 17 heavy (non-hydrogen) atoms. The van der Waals surface area contributed by atoms with Gasteiger partial charge in [0.05, 0.1) is 0 Å². The number of aryl methyl sites for hydroxylation is 1. The second-order valence-electron chi connectivity index (χ2n) is 4.87. The van der Waals surface area contributed by atoms with Crippen molar-refractivity contribution in [1.29, 1.82) is 0 Å². The SMILES string of the molecule is Cn1ccnc1CCN1CCCCC1CCCl. The van der Waals surface area contributed by atoms with E-state index < -0.39 is 0 Å². The molecule has 1 aliphatic heterocycles. The van der Waals surface area contributed by atoms with Gasteiger partial charge >= 0.3 is 0 Å². The van der Waals surface area contributed by atoms with E-state index in [9.17, 15) is 0 Å². The highest BCUT2D eigenvalue weighted by Crippen LogP contribution is 2.20. The number of hydrogen-bond donors (Lipinski definition) is 0.